The van der Waals surface area contributed by atoms with Gasteiger partial charge in [0.15, 0.2) is 5.17 Å². The van der Waals surface area contributed by atoms with Gasteiger partial charge >= 0.3 is 0 Å². The van der Waals surface area contributed by atoms with E-state index in [0.29, 0.717) is 21.6 Å². The number of hydrogen-bond acceptors (Lipinski definition) is 5. The Balaban J connectivity index is 1.63. The maximum Gasteiger partial charge on any atom is 0.256 e. The second-order valence-corrected chi connectivity index (χ2v) is 7.95. The number of benzene rings is 1. The van der Waals surface area contributed by atoms with Crippen LogP contribution in [0.4, 0.5) is 5.69 Å². The van der Waals surface area contributed by atoms with Crippen molar-refractivity contribution in [1.82, 2.24) is 0 Å². The number of fused-ring (bicyclic) bond motifs is 1. The van der Waals surface area contributed by atoms with E-state index in [9.17, 15) is 9.59 Å². The molecule has 2 unspecified atom stereocenters. The van der Waals surface area contributed by atoms with Gasteiger partial charge in [0.1, 0.15) is 5.75 Å². The van der Waals surface area contributed by atoms with E-state index in [4.69, 9.17) is 16.3 Å². The van der Waals surface area contributed by atoms with Crippen molar-refractivity contribution >= 4 is 51.7 Å². The lowest BCUT2D eigenvalue weighted by atomic mass is 9.86. The zero-order chi connectivity index (χ0) is 18.7. The summed E-state index contributed by atoms with van der Waals surface area (Å²) in [5.41, 5.74) is 1.49. The molecule has 1 aromatic carbocycles. The molecule has 0 bridgehead atoms. The van der Waals surface area contributed by atoms with E-state index in [1.165, 1.54) is 18.9 Å². The standard InChI is InChI=1S/C18H20ClN3O3S/c1-10(16(23)20-11-7-8-15(25-2)13(19)9-11)26-18-21-14-6-4-3-5-12(14)17(24)22-18/h7-10,12H,3-6H2,1-2H3,(H,20,23). The molecule has 26 heavy (non-hydrogen) atoms. The minimum atomic E-state index is -0.452. The lowest BCUT2D eigenvalue weighted by Gasteiger charge is -2.24. The van der Waals surface area contributed by atoms with Crippen LogP contribution in [0.5, 0.6) is 5.75 Å². The van der Waals surface area contributed by atoms with Gasteiger partial charge in [0.25, 0.3) is 5.91 Å². The number of amidine groups is 1. The Hall–Kier alpha value is -1.86. The van der Waals surface area contributed by atoms with Gasteiger partial charge in [-0.05, 0) is 44.4 Å². The Labute approximate surface area is 161 Å². The van der Waals surface area contributed by atoms with Crippen molar-refractivity contribution in [2.75, 3.05) is 12.4 Å². The number of aliphatic imine (C=N–C) groups is 2. The Morgan fingerprint density at radius 3 is 2.92 bits per heavy atom. The molecule has 1 saturated carbocycles. The monoisotopic (exact) mass is 393 g/mol. The third-order valence-corrected chi connectivity index (χ3v) is 5.65. The molecule has 1 N–H and O–H groups in total. The third-order valence-electron chi connectivity index (χ3n) is 4.39. The Morgan fingerprint density at radius 1 is 1.38 bits per heavy atom. The predicted octanol–water partition coefficient (Wildman–Crippen LogP) is 3.94. The van der Waals surface area contributed by atoms with E-state index in [-0.39, 0.29) is 17.7 Å². The number of carbonyl (C=O) groups excluding carboxylic acids is 2. The number of amides is 2. The summed E-state index contributed by atoms with van der Waals surface area (Å²) in [6.07, 6.45) is 3.75. The largest absolute Gasteiger partial charge is 0.495 e. The van der Waals surface area contributed by atoms with Gasteiger partial charge in [0.2, 0.25) is 5.91 Å². The summed E-state index contributed by atoms with van der Waals surface area (Å²) < 4.78 is 5.10. The first-order valence-corrected chi connectivity index (χ1v) is 9.74. The molecule has 2 atom stereocenters. The fourth-order valence-corrected chi connectivity index (χ4v) is 4.02. The summed E-state index contributed by atoms with van der Waals surface area (Å²) >= 11 is 7.26. The molecule has 2 aliphatic rings. The van der Waals surface area contributed by atoms with Gasteiger partial charge < -0.3 is 10.1 Å². The van der Waals surface area contributed by atoms with E-state index >= 15 is 0 Å². The van der Waals surface area contributed by atoms with Crippen molar-refractivity contribution < 1.29 is 14.3 Å². The number of hydrogen-bond donors (Lipinski definition) is 1. The van der Waals surface area contributed by atoms with Crippen LogP contribution in [0.2, 0.25) is 5.02 Å². The number of nitrogens with zero attached hydrogens (tertiary/aromatic N) is 2. The van der Waals surface area contributed by atoms with Crippen molar-refractivity contribution in [3.8, 4) is 5.75 Å². The van der Waals surface area contributed by atoms with Crippen LogP contribution in [-0.4, -0.2) is 35.1 Å². The van der Waals surface area contributed by atoms with Gasteiger partial charge in [-0.15, -0.1) is 0 Å². The van der Waals surface area contributed by atoms with E-state index in [0.717, 1.165) is 31.4 Å². The first-order chi connectivity index (χ1) is 12.5. The molecule has 1 aliphatic carbocycles. The van der Waals surface area contributed by atoms with Gasteiger partial charge in [-0.25, -0.2) is 4.99 Å². The maximum absolute atomic E-state index is 12.4. The predicted molar refractivity (Wildman–Crippen MR) is 106 cm³/mol. The molecule has 8 heteroatoms. The van der Waals surface area contributed by atoms with Crippen molar-refractivity contribution in [2.24, 2.45) is 15.9 Å². The lowest BCUT2D eigenvalue weighted by molar-refractivity contribution is -0.120. The first-order valence-electron chi connectivity index (χ1n) is 8.49. The van der Waals surface area contributed by atoms with Crippen molar-refractivity contribution in [3.63, 3.8) is 0 Å². The van der Waals surface area contributed by atoms with Crippen LogP contribution >= 0.6 is 23.4 Å². The second kappa shape index (κ2) is 8.22. The Morgan fingerprint density at radius 2 is 2.19 bits per heavy atom. The number of rotatable bonds is 4. The van der Waals surface area contributed by atoms with Crippen LogP contribution < -0.4 is 10.1 Å². The molecule has 0 saturated heterocycles. The topological polar surface area (TPSA) is 80.1 Å². The summed E-state index contributed by atoms with van der Waals surface area (Å²) in [7, 11) is 1.53. The molecule has 6 nitrogen and oxygen atoms in total. The highest BCUT2D eigenvalue weighted by atomic mass is 35.5. The molecule has 1 heterocycles. The van der Waals surface area contributed by atoms with Crippen molar-refractivity contribution in [3.05, 3.63) is 23.2 Å². The van der Waals surface area contributed by atoms with E-state index < -0.39 is 5.25 Å². The molecule has 3 rings (SSSR count). The van der Waals surface area contributed by atoms with E-state index in [2.05, 4.69) is 15.3 Å². The van der Waals surface area contributed by atoms with Gasteiger partial charge in [-0.3, -0.25) is 9.59 Å². The molecule has 1 aliphatic heterocycles. The quantitative estimate of drug-likeness (QED) is 0.840. The van der Waals surface area contributed by atoms with E-state index in [1.54, 1.807) is 25.1 Å². The normalized spacial score (nSPS) is 20.6. The number of ether oxygens (including phenoxy) is 1. The molecule has 0 aromatic heterocycles. The summed E-state index contributed by atoms with van der Waals surface area (Å²) in [6, 6.07) is 5.04. The van der Waals surface area contributed by atoms with Crippen molar-refractivity contribution in [2.45, 2.75) is 37.9 Å². The minimum absolute atomic E-state index is 0.133. The molecule has 0 radical (unpaired) electrons. The number of methoxy groups -OCH3 is 1. The number of nitrogens with one attached hydrogen (secondary N) is 1. The highest BCUT2D eigenvalue weighted by Gasteiger charge is 2.31. The van der Waals surface area contributed by atoms with Crippen LogP contribution in [0.1, 0.15) is 32.6 Å². The number of halogens is 1. The van der Waals surface area contributed by atoms with Gasteiger partial charge in [-0.1, -0.05) is 29.8 Å². The number of carbonyl (C=O) groups is 2. The van der Waals surface area contributed by atoms with Crippen LogP contribution in [0.25, 0.3) is 0 Å². The maximum atomic E-state index is 12.4. The Kier molecular flexibility index (Phi) is 5.98. The van der Waals surface area contributed by atoms with Crippen LogP contribution in [0, 0.1) is 5.92 Å². The number of anilines is 1. The molecule has 1 aromatic rings. The zero-order valence-corrected chi connectivity index (χ0v) is 16.2. The Bertz CT molecular complexity index is 794. The second-order valence-electron chi connectivity index (χ2n) is 6.23. The summed E-state index contributed by atoms with van der Waals surface area (Å²) in [5.74, 6) is 0.0443. The van der Waals surface area contributed by atoms with Crippen LogP contribution in [-0.2, 0) is 9.59 Å². The van der Waals surface area contributed by atoms with Gasteiger partial charge in [-0.2, -0.15) is 4.99 Å². The fourth-order valence-electron chi connectivity index (χ4n) is 2.97. The van der Waals surface area contributed by atoms with E-state index in [1.807, 2.05) is 0 Å². The van der Waals surface area contributed by atoms with Crippen LogP contribution in [0.15, 0.2) is 28.2 Å². The first kappa shape index (κ1) is 18.9. The van der Waals surface area contributed by atoms with Crippen LogP contribution in [0.3, 0.4) is 0 Å². The molecule has 138 valence electrons. The summed E-state index contributed by atoms with van der Waals surface area (Å²) in [6.45, 7) is 1.76. The highest BCUT2D eigenvalue weighted by Crippen LogP contribution is 2.30. The lowest BCUT2D eigenvalue weighted by Crippen LogP contribution is -2.31. The highest BCUT2D eigenvalue weighted by molar-refractivity contribution is 8.15. The molecule has 2 amide bonds. The minimum Gasteiger partial charge on any atom is -0.495 e. The smallest absolute Gasteiger partial charge is 0.256 e. The van der Waals surface area contributed by atoms with Gasteiger partial charge in [0.05, 0.1) is 23.3 Å². The molecule has 0 spiro atoms. The SMILES string of the molecule is COc1ccc(NC(=O)C(C)SC2=NC(=O)C3CCCCC3=N2)cc1Cl. The summed E-state index contributed by atoms with van der Waals surface area (Å²) in [5, 5.41) is 3.14. The number of thioether (sulfide) groups is 1. The molecule has 1 fully saturated rings. The summed E-state index contributed by atoms with van der Waals surface area (Å²) in [4.78, 5) is 33.2. The molecular formula is C18H20ClN3O3S. The van der Waals surface area contributed by atoms with Gasteiger partial charge in [0, 0.05) is 11.4 Å². The molecular weight excluding hydrogens is 374 g/mol. The third kappa shape index (κ3) is 4.27. The zero-order valence-electron chi connectivity index (χ0n) is 14.6. The average Bonchev–Trinajstić information content (AvgIpc) is 2.62. The average molecular weight is 394 g/mol. The fraction of sp³-hybridized carbons (Fsp3) is 0.444. The van der Waals surface area contributed by atoms with Crippen molar-refractivity contribution in [1.29, 1.82) is 0 Å².